The van der Waals surface area contributed by atoms with Crippen molar-refractivity contribution in [3.8, 4) is 17.2 Å². The lowest BCUT2D eigenvalue weighted by Gasteiger charge is -2.09. The Morgan fingerprint density at radius 1 is 0.914 bits per heavy atom. The Morgan fingerprint density at radius 2 is 1.60 bits per heavy atom. The normalized spacial score (nSPS) is 11.3. The molecule has 1 N–H and O–H groups in total. The number of hydrogen-bond donors (Lipinski definition) is 1. The second kappa shape index (κ2) is 10.2. The van der Waals surface area contributed by atoms with Crippen LogP contribution in [0.5, 0.6) is 17.2 Å². The molecule has 0 spiro atoms. The van der Waals surface area contributed by atoms with Crippen molar-refractivity contribution >= 4 is 34.4 Å². The van der Waals surface area contributed by atoms with Gasteiger partial charge in [-0.25, -0.2) is 4.79 Å². The Morgan fingerprint density at radius 3 is 2.20 bits per heavy atom. The average molecular weight is 472 g/mol. The number of aliphatic carboxylic acids is 1. The lowest BCUT2D eigenvalue weighted by atomic mass is 10.0. The van der Waals surface area contributed by atoms with Crippen molar-refractivity contribution in [3.63, 3.8) is 0 Å². The number of ether oxygens (including phenoxy) is 3. The third kappa shape index (κ3) is 5.19. The molecule has 0 aliphatic rings. The van der Waals surface area contributed by atoms with Gasteiger partial charge in [0, 0.05) is 30.1 Å². The second-order valence-corrected chi connectivity index (χ2v) is 7.89. The number of carboxylic acid groups (broad SMARTS) is 1. The first-order chi connectivity index (χ1) is 16.9. The molecule has 1 aromatic heterocycles. The van der Waals surface area contributed by atoms with E-state index in [1.54, 1.807) is 42.6 Å². The van der Waals surface area contributed by atoms with E-state index in [1.807, 2.05) is 36.4 Å². The van der Waals surface area contributed by atoms with Gasteiger partial charge in [-0.05, 0) is 47.5 Å². The number of methoxy groups -OCH3 is 2. The van der Waals surface area contributed by atoms with Crippen molar-refractivity contribution in [2.45, 2.75) is 13.5 Å². The molecule has 7 nitrogen and oxygen atoms in total. The molecule has 0 atom stereocenters. The molecule has 4 aromatic rings. The molecule has 0 aliphatic heterocycles. The van der Waals surface area contributed by atoms with Crippen LogP contribution in [0.3, 0.4) is 0 Å². The van der Waals surface area contributed by atoms with Gasteiger partial charge in [-0.3, -0.25) is 9.36 Å². The molecule has 0 saturated heterocycles. The first kappa shape index (κ1) is 23.6. The lowest BCUT2D eigenvalue weighted by molar-refractivity contribution is -0.130. The van der Waals surface area contributed by atoms with E-state index in [2.05, 4.69) is 0 Å². The fourth-order valence-corrected chi connectivity index (χ4v) is 3.83. The molecule has 0 fully saturated rings. The van der Waals surface area contributed by atoms with E-state index in [-0.39, 0.29) is 11.5 Å². The predicted octanol–water partition coefficient (Wildman–Crippen LogP) is 5.52. The van der Waals surface area contributed by atoms with Gasteiger partial charge in [-0.2, -0.15) is 0 Å². The zero-order valence-electron chi connectivity index (χ0n) is 19.6. The zero-order valence-corrected chi connectivity index (χ0v) is 19.6. The van der Waals surface area contributed by atoms with Gasteiger partial charge in [0.05, 0.1) is 25.3 Å². The van der Waals surface area contributed by atoms with E-state index in [0.717, 1.165) is 5.56 Å². The molecular weight excluding hydrogens is 446 g/mol. The number of fused-ring (bicyclic) bond motifs is 1. The summed E-state index contributed by atoms with van der Waals surface area (Å²) in [6.45, 7) is 1.84. The fraction of sp³-hybridized carbons (Fsp3) is 0.143. The van der Waals surface area contributed by atoms with Gasteiger partial charge in [-0.1, -0.05) is 30.3 Å². The van der Waals surface area contributed by atoms with E-state index in [1.165, 1.54) is 25.7 Å². The van der Waals surface area contributed by atoms with Gasteiger partial charge < -0.3 is 19.3 Å². The Labute approximate surface area is 202 Å². The van der Waals surface area contributed by atoms with E-state index >= 15 is 0 Å². The number of carboxylic acids is 1. The first-order valence-electron chi connectivity index (χ1n) is 10.9. The standard InChI is InChI=1S/C28H25NO6/c1-18(30)29-16-21(13-26(28(31)32)20-11-23(33-2)14-24(12-20)34-3)25-15-22(9-10-27(25)29)35-17-19-7-5-4-6-8-19/h4-16H,17H2,1-3H3,(H,31,32)/b26-13+. The minimum atomic E-state index is -1.12. The zero-order chi connectivity index (χ0) is 24.9. The molecular formula is C28H25NO6. The maximum Gasteiger partial charge on any atom is 0.336 e. The Hall–Kier alpha value is -4.52. The number of rotatable bonds is 8. The van der Waals surface area contributed by atoms with Gasteiger partial charge in [-0.15, -0.1) is 0 Å². The summed E-state index contributed by atoms with van der Waals surface area (Å²) in [5, 5.41) is 10.7. The molecule has 0 aliphatic carbocycles. The molecule has 0 saturated carbocycles. The number of nitrogens with zero attached hydrogens (tertiary/aromatic N) is 1. The van der Waals surface area contributed by atoms with Gasteiger partial charge in [0.2, 0.25) is 5.91 Å². The predicted molar refractivity (Wildman–Crippen MR) is 134 cm³/mol. The van der Waals surface area contributed by atoms with Gasteiger partial charge in [0.1, 0.15) is 23.9 Å². The van der Waals surface area contributed by atoms with Crippen LogP contribution in [-0.4, -0.2) is 35.8 Å². The number of aromatic nitrogens is 1. The Bertz CT molecular complexity index is 1400. The SMILES string of the molecule is COc1cc(OC)cc(/C(=C\c2cn(C(C)=O)c3ccc(OCc4ccccc4)cc23)C(=O)O)c1. The molecule has 0 unspecified atom stereocenters. The molecule has 7 heteroatoms. The molecule has 0 bridgehead atoms. The second-order valence-electron chi connectivity index (χ2n) is 7.89. The van der Waals surface area contributed by atoms with Crippen LogP contribution in [0.4, 0.5) is 0 Å². The van der Waals surface area contributed by atoms with E-state index in [0.29, 0.717) is 45.9 Å². The van der Waals surface area contributed by atoms with Crippen molar-refractivity contribution in [1.29, 1.82) is 0 Å². The van der Waals surface area contributed by atoms with E-state index in [4.69, 9.17) is 14.2 Å². The first-order valence-corrected chi connectivity index (χ1v) is 10.9. The Balaban J connectivity index is 1.81. The van der Waals surface area contributed by atoms with E-state index < -0.39 is 5.97 Å². The summed E-state index contributed by atoms with van der Waals surface area (Å²) in [6.07, 6.45) is 3.17. The number of carbonyl (C=O) groups excluding carboxylic acids is 1. The van der Waals surface area contributed by atoms with Crippen LogP contribution in [-0.2, 0) is 11.4 Å². The van der Waals surface area contributed by atoms with Crippen molar-refractivity contribution in [2.75, 3.05) is 14.2 Å². The van der Waals surface area contributed by atoms with Crippen molar-refractivity contribution < 1.29 is 28.9 Å². The minimum absolute atomic E-state index is 0.0282. The fourth-order valence-electron chi connectivity index (χ4n) is 3.83. The highest BCUT2D eigenvalue weighted by Crippen LogP contribution is 2.32. The minimum Gasteiger partial charge on any atom is -0.497 e. The third-order valence-electron chi connectivity index (χ3n) is 5.59. The summed E-state index contributed by atoms with van der Waals surface area (Å²) < 4.78 is 18.0. The van der Waals surface area contributed by atoms with Crippen LogP contribution in [0.15, 0.2) is 72.9 Å². The molecule has 35 heavy (non-hydrogen) atoms. The monoisotopic (exact) mass is 471 g/mol. The number of carbonyl (C=O) groups is 2. The summed E-state index contributed by atoms with van der Waals surface area (Å²) in [6, 6.07) is 20.1. The van der Waals surface area contributed by atoms with Gasteiger partial charge >= 0.3 is 5.97 Å². The van der Waals surface area contributed by atoms with Crippen LogP contribution < -0.4 is 14.2 Å². The number of benzene rings is 3. The van der Waals surface area contributed by atoms with Gasteiger partial charge in [0.25, 0.3) is 0 Å². The highest BCUT2D eigenvalue weighted by atomic mass is 16.5. The molecule has 3 aromatic carbocycles. The summed E-state index contributed by atoms with van der Waals surface area (Å²) >= 11 is 0. The quantitative estimate of drug-likeness (QED) is 0.341. The third-order valence-corrected chi connectivity index (χ3v) is 5.59. The maximum atomic E-state index is 12.3. The molecule has 0 radical (unpaired) electrons. The maximum absolute atomic E-state index is 12.3. The summed E-state index contributed by atoms with van der Waals surface area (Å²) in [7, 11) is 3.00. The van der Waals surface area contributed by atoms with E-state index in [9.17, 15) is 14.7 Å². The molecule has 0 amide bonds. The van der Waals surface area contributed by atoms with Crippen LogP contribution >= 0.6 is 0 Å². The van der Waals surface area contributed by atoms with Crippen LogP contribution in [0.25, 0.3) is 22.6 Å². The average Bonchev–Trinajstić information content (AvgIpc) is 3.24. The Kier molecular flexibility index (Phi) is 6.87. The van der Waals surface area contributed by atoms with Crippen LogP contribution in [0.2, 0.25) is 0 Å². The van der Waals surface area contributed by atoms with Crippen molar-refractivity contribution in [1.82, 2.24) is 4.57 Å². The summed E-state index contributed by atoms with van der Waals surface area (Å²) in [5.74, 6) is 0.230. The summed E-state index contributed by atoms with van der Waals surface area (Å²) in [4.78, 5) is 24.5. The van der Waals surface area contributed by atoms with Crippen LogP contribution in [0, 0.1) is 0 Å². The molecule has 1 heterocycles. The van der Waals surface area contributed by atoms with Gasteiger partial charge in [0.15, 0.2) is 0 Å². The number of hydrogen-bond acceptors (Lipinski definition) is 5. The molecule has 4 rings (SSSR count). The highest BCUT2D eigenvalue weighted by molar-refractivity contribution is 6.22. The topological polar surface area (TPSA) is 87.0 Å². The highest BCUT2D eigenvalue weighted by Gasteiger charge is 2.17. The lowest BCUT2D eigenvalue weighted by Crippen LogP contribution is -2.03. The van der Waals surface area contributed by atoms with Crippen molar-refractivity contribution in [3.05, 3.63) is 89.6 Å². The smallest absolute Gasteiger partial charge is 0.336 e. The van der Waals surface area contributed by atoms with Crippen molar-refractivity contribution in [2.24, 2.45) is 0 Å². The molecule has 178 valence electrons. The van der Waals surface area contributed by atoms with Crippen LogP contribution in [0.1, 0.15) is 28.4 Å². The summed E-state index contributed by atoms with van der Waals surface area (Å²) in [5.41, 5.74) is 2.69. The largest absolute Gasteiger partial charge is 0.497 e.